The molecule has 21 heavy (non-hydrogen) atoms. The number of hydrogen-bond donors (Lipinski definition) is 1. The number of methoxy groups -OCH3 is 1. The lowest BCUT2D eigenvalue weighted by Crippen LogP contribution is -2.22. The van der Waals surface area contributed by atoms with Crippen molar-refractivity contribution in [3.8, 4) is 17.4 Å². The maximum atomic E-state index is 6.05. The zero-order chi connectivity index (χ0) is 15.4. The Morgan fingerprint density at radius 1 is 1.24 bits per heavy atom. The van der Waals surface area contributed by atoms with Gasteiger partial charge in [0.25, 0.3) is 0 Å². The van der Waals surface area contributed by atoms with E-state index in [1.807, 2.05) is 38.2 Å². The van der Waals surface area contributed by atoms with Crippen LogP contribution in [0.15, 0.2) is 24.3 Å². The zero-order valence-electron chi connectivity index (χ0n) is 13.3. The van der Waals surface area contributed by atoms with Crippen molar-refractivity contribution in [2.24, 2.45) is 7.05 Å². The van der Waals surface area contributed by atoms with E-state index in [1.54, 1.807) is 11.8 Å². The normalized spacial score (nSPS) is 11.0. The molecule has 0 fully saturated rings. The third kappa shape index (κ3) is 3.55. The van der Waals surface area contributed by atoms with Crippen molar-refractivity contribution in [1.29, 1.82) is 0 Å². The molecule has 0 aliphatic carbocycles. The molecule has 0 unspecified atom stereocenters. The fourth-order valence-corrected chi connectivity index (χ4v) is 2.13. The topological polar surface area (TPSA) is 48.3 Å². The quantitative estimate of drug-likeness (QED) is 0.888. The highest BCUT2D eigenvalue weighted by atomic mass is 16.5. The van der Waals surface area contributed by atoms with E-state index in [-0.39, 0.29) is 0 Å². The molecule has 0 spiro atoms. The lowest BCUT2D eigenvalue weighted by molar-refractivity contribution is 0.363. The summed E-state index contributed by atoms with van der Waals surface area (Å²) in [5.41, 5.74) is 2.03. The van der Waals surface area contributed by atoms with Crippen molar-refractivity contribution in [3.05, 3.63) is 35.5 Å². The van der Waals surface area contributed by atoms with Crippen molar-refractivity contribution in [2.45, 2.75) is 33.4 Å². The van der Waals surface area contributed by atoms with Crippen molar-refractivity contribution in [1.82, 2.24) is 15.1 Å². The van der Waals surface area contributed by atoms with Crippen LogP contribution in [0.2, 0.25) is 0 Å². The molecule has 1 aromatic heterocycles. The van der Waals surface area contributed by atoms with Crippen LogP contribution in [0, 0.1) is 6.92 Å². The summed E-state index contributed by atoms with van der Waals surface area (Å²) in [7, 11) is 3.52. The summed E-state index contributed by atoms with van der Waals surface area (Å²) in [5, 5.41) is 7.86. The van der Waals surface area contributed by atoms with Crippen LogP contribution >= 0.6 is 0 Å². The van der Waals surface area contributed by atoms with Crippen LogP contribution < -0.4 is 14.8 Å². The van der Waals surface area contributed by atoms with Crippen molar-refractivity contribution >= 4 is 0 Å². The van der Waals surface area contributed by atoms with E-state index < -0.39 is 0 Å². The predicted octanol–water partition coefficient (Wildman–Crippen LogP) is 3.03. The van der Waals surface area contributed by atoms with Gasteiger partial charge in [0.1, 0.15) is 0 Å². The van der Waals surface area contributed by atoms with E-state index in [0.717, 1.165) is 23.7 Å². The maximum Gasteiger partial charge on any atom is 0.222 e. The summed E-state index contributed by atoms with van der Waals surface area (Å²) in [4.78, 5) is 0. The van der Waals surface area contributed by atoms with Gasteiger partial charge in [-0.2, -0.15) is 5.10 Å². The molecule has 1 aromatic carbocycles. The zero-order valence-corrected chi connectivity index (χ0v) is 13.3. The predicted molar refractivity (Wildman–Crippen MR) is 83.0 cm³/mol. The molecule has 1 N–H and O–H groups in total. The third-order valence-corrected chi connectivity index (χ3v) is 3.25. The molecule has 0 saturated carbocycles. The van der Waals surface area contributed by atoms with Crippen LogP contribution in [0.25, 0.3) is 0 Å². The van der Waals surface area contributed by atoms with Gasteiger partial charge in [-0.25, -0.2) is 4.68 Å². The summed E-state index contributed by atoms with van der Waals surface area (Å²) in [6.45, 7) is 6.95. The van der Waals surface area contributed by atoms with Crippen LogP contribution in [-0.4, -0.2) is 22.9 Å². The van der Waals surface area contributed by atoms with Gasteiger partial charge in [-0.05, 0) is 19.1 Å². The molecule has 1 heterocycles. The maximum absolute atomic E-state index is 6.05. The van der Waals surface area contributed by atoms with E-state index >= 15 is 0 Å². The van der Waals surface area contributed by atoms with Crippen LogP contribution in [0.4, 0.5) is 0 Å². The van der Waals surface area contributed by atoms with Crippen molar-refractivity contribution in [2.75, 3.05) is 7.11 Å². The number of aryl methyl sites for hydroxylation is 2. The third-order valence-electron chi connectivity index (χ3n) is 3.25. The van der Waals surface area contributed by atoms with Gasteiger partial charge in [-0.3, -0.25) is 0 Å². The number of ether oxygens (including phenoxy) is 2. The molecule has 2 rings (SSSR count). The Labute approximate surface area is 125 Å². The Hall–Kier alpha value is -2.01. The summed E-state index contributed by atoms with van der Waals surface area (Å²) < 4.78 is 13.1. The van der Waals surface area contributed by atoms with Gasteiger partial charge in [-0.15, -0.1) is 0 Å². The number of rotatable bonds is 6. The largest absolute Gasteiger partial charge is 0.493 e. The lowest BCUT2D eigenvalue weighted by atomic mass is 10.2. The van der Waals surface area contributed by atoms with Gasteiger partial charge in [0.2, 0.25) is 5.88 Å². The monoisotopic (exact) mass is 289 g/mol. The van der Waals surface area contributed by atoms with Gasteiger partial charge in [0.15, 0.2) is 11.5 Å². The number of para-hydroxylation sites is 2. The molecule has 0 radical (unpaired) electrons. The molecular formula is C16H23N3O2. The van der Waals surface area contributed by atoms with E-state index in [4.69, 9.17) is 9.47 Å². The molecule has 5 heteroatoms. The highest BCUT2D eigenvalue weighted by Gasteiger charge is 2.17. The first kappa shape index (κ1) is 15.4. The fourth-order valence-electron chi connectivity index (χ4n) is 2.13. The van der Waals surface area contributed by atoms with E-state index in [2.05, 4.69) is 24.3 Å². The lowest BCUT2D eigenvalue weighted by Gasteiger charge is -2.13. The van der Waals surface area contributed by atoms with Crippen molar-refractivity contribution in [3.63, 3.8) is 0 Å². The second-order valence-electron chi connectivity index (χ2n) is 5.28. The first-order valence-corrected chi connectivity index (χ1v) is 7.09. The first-order chi connectivity index (χ1) is 10.0. The second-order valence-corrected chi connectivity index (χ2v) is 5.28. The number of nitrogens with one attached hydrogen (secondary N) is 1. The molecule has 0 aliphatic rings. The Bertz CT molecular complexity index is 606. The van der Waals surface area contributed by atoms with Crippen LogP contribution in [-0.2, 0) is 13.6 Å². The number of aromatic nitrogens is 2. The molecule has 0 saturated heterocycles. The molecule has 114 valence electrons. The summed E-state index contributed by atoms with van der Waals surface area (Å²) in [6, 6.07) is 8.02. The average Bonchev–Trinajstić information content (AvgIpc) is 2.71. The molecule has 5 nitrogen and oxygen atoms in total. The van der Waals surface area contributed by atoms with E-state index in [1.165, 1.54) is 0 Å². The molecular weight excluding hydrogens is 266 g/mol. The Kier molecular flexibility index (Phi) is 4.85. The van der Waals surface area contributed by atoms with Gasteiger partial charge in [0.05, 0.1) is 18.4 Å². The molecule has 2 aromatic rings. The second kappa shape index (κ2) is 6.63. The summed E-state index contributed by atoms with van der Waals surface area (Å²) >= 11 is 0. The SMILES string of the molecule is COc1ccccc1Oc1c(CNC(C)C)c(C)nn1C. The van der Waals surface area contributed by atoms with Crippen LogP contribution in [0.5, 0.6) is 17.4 Å². The molecule has 0 aliphatic heterocycles. The first-order valence-electron chi connectivity index (χ1n) is 7.09. The average molecular weight is 289 g/mol. The minimum absolute atomic E-state index is 0.406. The molecule has 0 atom stereocenters. The van der Waals surface area contributed by atoms with Gasteiger partial charge in [-0.1, -0.05) is 26.0 Å². The molecule has 0 amide bonds. The van der Waals surface area contributed by atoms with Crippen LogP contribution in [0.1, 0.15) is 25.1 Å². The highest BCUT2D eigenvalue weighted by molar-refractivity contribution is 5.43. The Balaban J connectivity index is 2.30. The summed E-state index contributed by atoms with van der Waals surface area (Å²) in [6.07, 6.45) is 0. The van der Waals surface area contributed by atoms with Crippen molar-refractivity contribution < 1.29 is 9.47 Å². The van der Waals surface area contributed by atoms with Gasteiger partial charge < -0.3 is 14.8 Å². The van der Waals surface area contributed by atoms with Gasteiger partial charge in [0, 0.05) is 19.6 Å². The Morgan fingerprint density at radius 2 is 1.90 bits per heavy atom. The number of benzene rings is 1. The van der Waals surface area contributed by atoms with E-state index in [0.29, 0.717) is 17.5 Å². The minimum atomic E-state index is 0.406. The number of nitrogens with zero attached hydrogens (tertiary/aromatic N) is 2. The summed E-state index contributed by atoms with van der Waals surface area (Å²) in [5.74, 6) is 2.14. The number of hydrogen-bond acceptors (Lipinski definition) is 4. The van der Waals surface area contributed by atoms with E-state index in [9.17, 15) is 0 Å². The standard InChI is InChI=1S/C16H23N3O2/c1-11(2)17-10-13-12(3)18-19(4)16(13)21-15-9-7-6-8-14(15)20-5/h6-9,11,17H,10H2,1-5H3. The van der Waals surface area contributed by atoms with Gasteiger partial charge >= 0.3 is 0 Å². The molecule has 0 bridgehead atoms. The Morgan fingerprint density at radius 3 is 2.52 bits per heavy atom. The fraction of sp³-hybridized carbons (Fsp3) is 0.438. The highest BCUT2D eigenvalue weighted by Crippen LogP contribution is 2.33. The minimum Gasteiger partial charge on any atom is -0.493 e. The van der Waals surface area contributed by atoms with Crippen LogP contribution in [0.3, 0.4) is 0 Å². The smallest absolute Gasteiger partial charge is 0.222 e.